The van der Waals surface area contributed by atoms with Crippen molar-refractivity contribution in [3.8, 4) is 0 Å². The lowest BCUT2D eigenvalue weighted by molar-refractivity contribution is -0.145. The van der Waals surface area contributed by atoms with E-state index in [1.807, 2.05) is 4.72 Å². The predicted molar refractivity (Wildman–Crippen MR) is 67.2 cm³/mol. The van der Waals surface area contributed by atoms with Crippen LogP contribution in [0.25, 0.3) is 0 Å². The summed E-state index contributed by atoms with van der Waals surface area (Å²) in [6, 6.07) is -1.61. The van der Waals surface area contributed by atoms with Crippen molar-refractivity contribution in [2.24, 2.45) is 5.92 Å². The third-order valence-electron chi connectivity index (χ3n) is 3.18. The Kier molecular flexibility index (Phi) is 5.74. The van der Waals surface area contributed by atoms with Gasteiger partial charge in [-0.25, -0.2) is 13.1 Å². The standard InChI is InChI=1S/C11H19NO6S/c13-10(14)6-9(11(15)16)12-19(17,18)7-8-4-2-1-3-5-8/h8-9,12H,1-7H2,(H,13,14)(H,15,16)/t9-/m0/s1. The molecule has 7 nitrogen and oxygen atoms in total. The molecule has 0 aromatic heterocycles. The lowest BCUT2D eigenvalue weighted by Gasteiger charge is -2.22. The third kappa shape index (κ3) is 6.02. The first-order valence-electron chi connectivity index (χ1n) is 6.25. The van der Waals surface area contributed by atoms with E-state index in [1.54, 1.807) is 0 Å². The quantitative estimate of drug-likeness (QED) is 0.625. The summed E-state index contributed by atoms with van der Waals surface area (Å²) in [5.41, 5.74) is 0. The molecule has 0 heterocycles. The Bertz CT molecular complexity index is 426. The number of hydrogen-bond donors (Lipinski definition) is 3. The van der Waals surface area contributed by atoms with Gasteiger partial charge in [-0.05, 0) is 18.8 Å². The molecule has 0 bridgehead atoms. The fourth-order valence-electron chi connectivity index (χ4n) is 2.28. The molecule has 0 spiro atoms. The summed E-state index contributed by atoms with van der Waals surface area (Å²) in [5, 5.41) is 17.4. The van der Waals surface area contributed by atoms with E-state index < -0.39 is 34.4 Å². The maximum absolute atomic E-state index is 11.8. The SMILES string of the molecule is O=C(O)C[C@H](NS(=O)(=O)CC1CCCCC1)C(=O)O. The van der Waals surface area contributed by atoms with Crippen molar-refractivity contribution in [1.29, 1.82) is 0 Å². The molecule has 110 valence electrons. The van der Waals surface area contributed by atoms with Crippen LogP contribution in [-0.2, 0) is 19.6 Å². The Balaban J connectivity index is 2.59. The monoisotopic (exact) mass is 293 g/mol. The summed E-state index contributed by atoms with van der Waals surface area (Å²) in [6.07, 6.45) is 3.93. The largest absolute Gasteiger partial charge is 0.481 e. The van der Waals surface area contributed by atoms with E-state index in [0.717, 1.165) is 32.1 Å². The van der Waals surface area contributed by atoms with Gasteiger partial charge in [0.05, 0.1) is 12.2 Å². The Morgan fingerprint density at radius 1 is 1.16 bits per heavy atom. The molecule has 0 unspecified atom stereocenters. The van der Waals surface area contributed by atoms with E-state index >= 15 is 0 Å². The highest BCUT2D eigenvalue weighted by Crippen LogP contribution is 2.24. The van der Waals surface area contributed by atoms with Gasteiger partial charge < -0.3 is 10.2 Å². The number of nitrogens with one attached hydrogen (secondary N) is 1. The van der Waals surface area contributed by atoms with E-state index in [-0.39, 0.29) is 11.7 Å². The van der Waals surface area contributed by atoms with Crippen molar-refractivity contribution >= 4 is 22.0 Å². The Hall–Kier alpha value is -1.15. The van der Waals surface area contributed by atoms with Gasteiger partial charge in [-0.2, -0.15) is 0 Å². The topological polar surface area (TPSA) is 121 Å². The number of carbonyl (C=O) groups is 2. The van der Waals surface area contributed by atoms with Crippen LogP contribution in [0.1, 0.15) is 38.5 Å². The highest BCUT2D eigenvalue weighted by atomic mass is 32.2. The molecule has 1 aliphatic rings. The van der Waals surface area contributed by atoms with Crippen LogP contribution >= 0.6 is 0 Å². The van der Waals surface area contributed by atoms with Gasteiger partial charge in [0.2, 0.25) is 10.0 Å². The molecule has 1 aliphatic carbocycles. The second-order valence-electron chi connectivity index (χ2n) is 4.89. The molecule has 1 rings (SSSR count). The summed E-state index contributed by atoms with van der Waals surface area (Å²) in [7, 11) is -3.77. The molecule has 0 aliphatic heterocycles. The van der Waals surface area contributed by atoms with Gasteiger partial charge in [-0.15, -0.1) is 0 Å². The molecule has 0 amide bonds. The average molecular weight is 293 g/mol. The first-order chi connectivity index (χ1) is 8.80. The Labute approximate surface area is 112 Å². The van der Waals surface area contributed by atoms with Crippen LogP contribution in [0.4, 0.5) is 0 Å². The van der Waals surface area contributed by atoms with E-state index in [0.29, 0.717) is 0 Å². The van der Waals surface area contributed by atoms with Crippen molar-refractivity contribution < 1.29 is 28.2 Å². The highest BCUT2D eigenvalue weighted by molar-refractivity contribution is 7.89. The molecular weight excluding hydrogens is 274 g/mol. The molecule has 0 aromatic carbocycles. The van der Waals surface area contributed by atoms with E-state index in [2.05, 4.69) is 0 Å². The van der Waals surface area contributed by atoms with Crippen molar-refractivity contribution in [3.05, 3.63) is 0 Å². The fraction of sp³-hybridized carbons (Fsp3) is 0.818. The van der Waals surface area contributed by atoms with Gasteiger partial charge >= 0.3 is 11.9 Å². The van der Waals surface area contributed by atoms with Crippen LogP contribution in [0.2, 0.25) is 0 Å². The average Bonchev–Trinajstić information content (AvgIpc) is 2.27. The molecule has 0 aromatic rings. The molecular formula is C11H19NO6S. The molecule has 19 heavy (non-hydrogen) atoms. The second kappa shape index (κ2) is 6.85. The van der Waals surface area contributed by atoms with Crippen molar-refractivity contribution in [2.75, 3.05) is 5.75 Å². The second-order valence-corrected chi connectivity index (χ2v) is 6.69. The zero-order chi connectivity index (χ0) is 14.5. The summed E-state index contributed by atoms with van der Waals surface area (Å²) in [4.78, 5) is 21.3. The van der Waals surface area contributed by atoms with Gasteiger partial charge in [0.1, 0.15) is 6.04 Å². The summed E-state index contributed by atoms with van der Waals surface area (Å²) >= 11 is 0. The molecule has 0 radical (unpaired) electrons. The summed E-state index contributed by atoms with van der Waals surface area (Å²) in [6.45, 7) is 0. The normalized spacial score (nSPS) is 18.9. The number of sulfonamides is 1. The van der Waals surface area contributed by atoms with Gasteiger partial charge in [0.25, 0.3) is 0 Å². The number of aliphatic carboxylic acids is 2. The number of rotatable bonds is 7. The van der Waals surface area contributed by atoms with Crippen molar-refractivity contribution in [3.63, 3.8) is 0 Å². The van der Waals surface area contributed by atoms with Crippen LogP contribution in [-0.4, -0.2) is 42.4 Å². The van der Waals surface area contributed by atoms with Gasteiger partial charge in [0, 0.05) is 0 Å². The molecule has 8 heteroatoms. The van der Waals surface area contributed by atoms with Gasteiger partial charge in [-0.3, -0.25) is 9.59 Å². The zero-order valence-electron chi connectivity index (χ0n) is 10.5. The summed E-state index contributed by atoms with van der Waals surface area (Å²) in [5.74, 6) is -2.93. The van der Waals surface area contributed by atoms with Crippen LogP contribution in [0.5, 0.6) is 0 Å². The third-order valence-corrected chi connectivity index (χ3v) is 4.73. The smallest absolute Gasteiger partial charge is 0.322 e. The molecule has 1 atom stereocenters. The van der Waals surface area contributed by atoms with Crippen LogP contribution in [0.15, 0.2) is 0 Å². The van der Waals surface area contributed by atoms with E-state index in [1.165, 1.54) is 0 Å². The maximum Gasteiger partial charge on any atom is 0.322 e. The Morgan fingerprint density at radius 2 is 1.74 bits per heavy atom. The minimum Gasteiger partial charge on any atom is -0.481 e. The van der Waals surface area contributed by atoms with Crippen LogP contribution in [0, 0.1) is 5.92 Å². The molecule has 1 fully saturated rings. The minimum atomic E-state index is -3.77. The lowest BCUT2D eigenvalue weighted by atomic mass is 9.91. The molecule has 0 saturated heterocycles. The minimum absolute atomic E-state index is 0.0329. The highest BCUT2D eigenvalue weighted by Gasteiger charge is 2.28. The van der Waals surface area contributed by atoms with Crippen molar-refractivity contribution in [1.82, 2.24) is 4.72 Å². The maximum atomic E-state index is 11.8. The zero-order valence-corrected chi connectivity index (χ0v) is 11.4. The lowest BCUT2D eigenvalue weighted by Crippen LogP contribution is -2.44. The first kappa shape index (κ1) is 15.9. The molecule has 1 saturated carbocycles. The predicted octanol–water partition coefficient (Wildman–Crippen LogP) is 0.414. The fourth-order valence-corrected chi connectivity index (χ4v) is 3.95. The van der Waals surface area contributed by atoms with E-state index in [4.69, 9.17) is 10.2 Å². The van der Waals surface area contributed by atoms with Gasteiger partial charge in [-0.1, -0.05) is 19.3 Å². The number of hydrogen-bond acceptors (Lipinski definition) is 4. The summed E-state index contributed by atoms with van der Waals surface area (Å²) < 4.78 is 25.6. The Morgan fingerprint density at radius 3 is 2.21 bits per heavy atom. The van der Waals surface area contributed by atoms with Crippen LogP contribution in [0.3, 0.4) is 0 Å². The number of carboxylic acid groups (broad SMARTS) is 2. The van der Waals surface area contributed by atoms with Crippen molar-refractivity contribution in [2.45, 2.75) is 44.6 Å². The molecule has 3 N–H and O–H groups in total. The van der Waals surface area contributed by atoms with Gasteiger partial charge in [0.15, 0.2) is 0 Å². The van der Waals surface area contributed by atoms with E-state index in [9.17, 15) is 18.0 Å². The first-order valence-corrected chi connectivity index (χ1v) is 7.90. The number of carboxylic acids is 2. The van der Waals surface area contributed by atoms with Crippen LogP contribution < -0.4 is 4.72 Å².